The molecule has 1 N–H and O–H groups in total. The highest BCUT2D eigenvalue weighted by atomic mass is 16.6. The number of hydrogen-bond donors (Lipinski definition) is 1. The smallest absolute Gasteiger partial charge is 0.338 e. The molecule has 2 aromatic rings. The molecule has 5 aliphatic rings. The first-order chi connectivity index (χ1) is 20.8. The third-order valence-corrected chi connectivity index (χ3v) is 10.6. The molecular formula is C32H36N2O9. The van der Waals surface area contributed by atoms with Crippen LogP contribution >= 0.6 is 0 Å². The number of carbonyl (C=O) groups is 2. The minimum absolute atomic E-state index is 0.0157. The van der Waals surface area contributed by atoms with Gasteiger partial charge in [0, 0.05) is 24.6 Å². The van der Waals surface area contributed by atoms with Crippen LogP contribution in [0.15, 0.2) is 42.0 Å². The Balaban J connectivity index is 1.40. The van der Waals surface area contributed by atoms with Gasteiger partial charge >= 0.3 is 11.9 Å². The van der Waals surface area contributed by atoms with E-state index >= 15 is 0 Å². The maximum atomic E-state index is 14.5. The molecule has 1 aliphatic carbocycles. The van der Waals surface area contributed by atoms with Gasteiger partial charge in [-0.25, -0.2) is 4.79 Å². The van der Waals surface area contributed by atoms with Gasteiger partial charge in [-0.05, 0) is 49.2 Å². The summed E-state index contributed by atoms with van der Waals surface area (Å²) in [5.41, 5.74) is -0.0273. The van der Waals surface area contributed by atoms with Gasteiger partial charge in [-0.2, -0.15) is 0 Å². The fraction of sp³-hybridized carbons (Fsp3) is 0.500. The minimum Gasteiger partial charge on any atom is -0.497 e. The fourth-order valence-corrected chi connectivity index (χ4v) is 8.91. The molecule has 0 radical (unpaired) electrons. The molecular weight excluding hydrogens is 556 g/mol. The van der Waals surface area contributed by atoms with E-state index in [1.165, 1.54) is 28.4 Å². The number of esters is 2. The molecule has 11 heteroatoms. The van der Waals surface area contributed by atoms with Crippen LogP contribution in [0.3, 0.4) is 0 Å². The predicted octanol–water partition coefficient (Wildman–Crippen LogP) is 3.51. The molecule has 1 unspecified atom stereocenters. The molecule has 4 aliphatic heterocycles. The van der Waals surface area contributed by atoms with Crippen molar-refractivity contribution < 1.29 is 42.7 Å². The largest absolute Gasteiger partial charge is 0.497 e. The number of hydrogen-bond acceptors (Lipinski definition) is 11. The summed E-state index contributed by atoms with van der Waals surface area (Å²) in [6.45, 7) is 2.43. The van der Waals surface area contributed by atoms with Crippen LogP contribution < -0.4 is 24.3 Å². The zero-order chi connectivity index (χ0) is 30.3. The molecule has 7 rings (SSSR count). The number of ether oxygens (including phenoxy) is 7. The Labute approximate surface area is 249 Å². The molecule has 3 saturated heterocycles. The van der Waals surface area contributed by atoms with Crippen molar-refractivity contribution in [2.75, 3.05) is 54.0 Å². The van der Waals surface area contributed by atoms with Crippen LogP contribution in [0.5, 0.6) is 23.0 Å². The number of methoxy groups -OCH3 is 5. The summed E-state index contributed by atoms with van der Waals surface area (Å²) in [5.74, 6) is 0.347. The molecule has 43 heavy (non-hydrogen) atoms. The van der Waals surface area contributed by atoms with Crippen LogP contribution in [-0.2, 0) is 24.4 Å². The Morgan fingerprint density at radius 1 is 1.05 bits per heavy atom. The lowest BCUT2D eigenvalue weighted by Crippen LogP contribution is -2.78. The minimum atomic E-state index is -1.30. The normalized spacial score (nSPS) is 33.4. The average molecular weight is 593 g/mol. The van der Waals surface area contributed by atoms with E-state index in [4.69, 9.17) is 33.2 Å². The number of allylic oxidation sites excluding steroid dienone is 1. The molecule has 228 valence electrons. The number of rotatable bonds is 8. The monoisotopic (exact) mass is 592 g/mol. The lowest BCUT2D eigenvalue weighted by Gasteiger charge is -2.64. The summed E-state index contributed by atoms with van der Waals surface area (Å²) >= 11 is 0. The SMILES string of the molecule is C/C=C1/CN2[C@H]3C[C@H]1C(COC(=O)c1cc(OC)c(OC)c(OC)c1)(C(=O)OC)[C@@]14C[C@H]2O[C@@]31Nc1ccc(OC)cc14. The van der Waals surface area contributed by atoms with Gasteiger partial charge < -0.3 is 38.5 Å². The number of nitrogens with zero attached hydrogens (tertiary/aromatic N) is 1. The molecule has 4 bridgehead atoms. The molecule has 4 heterocycles. The maximum Gasteiger partial charge on any atom is 0.338 e. The van der Waals surface area contributed by atoms with E-state index in [1.54, 1.807) is 19.2 Å². The summed E-state index contributed by atoms with van der Waals surface area (Å²) < 4.78 is 40.8. The molecule has 0 amide bonds. The first-order valence-electron chi connectivity index (χ1n) is 14.4. The van der Waals surface area contributed by atoms with Gasteiger partial charge in [0.15, 0.2) is 17.2 Å². The van der Waals surface area contributed by atoms with Gasteiger partial charge in [-0.15, -0.1) is 0 Å². The summed E-state index contributed by atoms with van der Waals surface area (Å²) in [7, 11) is 7.47. The number of benzene rings is 2. The molecule has 2 aromatic carbocycles. The molecule has 11 nitrogen and oxygen atoms in total. The van der Waals surface area contributed by atoms with Crippen LogP contribution in [0.25, 0.3) is 0 Å². The Morgan fingerprint density at radius 3 is 2.42 bits per heavy atom. The lowest BCUT2D eigenvalue weighted by atomic mass is 9.42. The summed E-state index contributed by atoms with van der Waals surface area (Å²) in [5, 5.41) is 3.72. The number of anilines is 1. The summed E-state index contributed by atoms with van der Waals surface area (Å²) in [6, 6.07) is 8.95. The van der Waals surface area contributed by atoms with Crippen molar-refractivity contribution >= 4 is 17.6 Å². The van der Waals surface area contributed by atoms with Crippen molar-refractivity contribution in [1.82, 2.24) is 4.90 Å². The molecule has 4 fully saturated rings. The van der Waals surface area contributed by atoms with Gasteiger partial charge in [-0.1, -0.05) is 11.6 Å². The van der Waals surface area contributed by atoms with E-state index in [1.807, 2.05) is 25.1 Å². The van der Waals surface area contributed by atoms with E-state index in [0.29, 0.717) is 42.4 Å². The first kappa shape index (κ1) is 27.8. The van der Waals surface area contributed by atoms with Gasteiger partial charge in [0.25, 0.3) is 0 Å². The second-order valence-corrected chi connectivity index (χ2v) is 11.7. The topological polar surface area (TPSA) is 114 Å². The molecule has 1 saturated carbocycles. The Bertz CT molecular complexity index is 1530. The van der Waals surface area contributed by atoms with Crippen molar-refractivity contribution in [3.8, 4) is 23.0 Å². The Morgan fingerprint density at radius 2 is 1.79 bits per heavy atom. The van der Waals surface area contributed by atoms with E-state index < -0.39 is 28.5 Å². The highest BCUT2D eigenvalue weighted by molar-refractivity contribution is 5.92. The summed E-state index contributed by atoms with van der Waals surface area (Å²) in [4.78, 5) is 30.7. The van der Waals surface area contributed by atoms with E-state index in [0.717, 1.165) is 16.8 Å². The number of piperidine rings is 2. The van der Waals surface area contributed by atoms with Crippen LogP contribution in [0.2, 0.25) is 0 Å². The van der Waals surface area contributed by atoms with Crippen molar-refractivity contribution in [3.63, 3.8) is 0 Å². The number of nitrogens with one attached hydrogen (secondary N) is 1. The van der Waals surface area contributed by atoms with Gasteiger partial charge in [0.1, 0.15) is 24.0 Å². The zero-order valence-corrected chi connectivity index (χ0v) is 25.1. The maximum absolute atomic E-state index is 14.5. The van der Waals surface area contributed by atoms with Gasteiger partial charge in [-0.3, -0.25) is 9.69 Å². The van der Waals surface area contributed by atoms with E-state index in [2.05, 4.69) is 16.3 Å². The van der Waals surface area contributed by atoms with Gasteiger partial charge in [0.2, 0.25) is 5.75 Å². The highest BCUT2D eigenvalue weighted by Gasteiger charge is 2.87. The second-order valence-electron chi connectivity index (χ2n) is 11.7. The van der Waals surface area contributed by atoms with Crippen molar-refractivity contribution in [2.24, 2.45) is 11.3 Å². The number of fused-ring (bicyclic) bond motifs is 4. The lowest BCUT2D eigenvalue weighted by molar-refractivity contribution is -0.191. The van der Waals surface area contributed by atoms with Crippen molar-refractivity contribution in [3.05, 3.63) is 53.1 Å². The zero-order valence-electron chi connectivity index (χ0n) is 25.1. The number of carbonyl (C=O) groups excluding carboxylic acids is 2. The first-order valence-corrected chi connectivity index (χ1v) is 14.4. The third-order valence-electron chi connectivity index (χ3n) is 10.6. The average Bonchev–Trinajstić information content (AvgIpc) is 3.66. The third kappa shape index (κ3) is 3.21. The van der Waals surface area contributed by atoms with Gasteiger partial charge in [0.05, 0.1) is 52.6 Å². The van der Waals surface area contributed by atoms with Crippen LogP contribution in [-0.4, -0.2) is 83.5 Å². The standard InChI is InChI=1S/C32H36N2O9/c1-7-17-15-34-25-13-20(17)30(29(36)41-6,16-42-28(35)18-10-23(38-3)27(40-5)24(11-18)39-4)31-14-26(34)43-32(25,31)33-22-9-8-19(37-2)12-21(22)31/h7-12,20,25-26,33H,13-16H2,1-6H3/b17-7-/t20-,25+,26-,30?,31+,32+/m1/s1. The molecule has 1 spiro atoms. The molecule has 0 aromatic heterocycles. The Kier molecular flexibility index (Phi) is 6.17. The van der Waals surface area contributed by atoms with Crippen LogP contribution in [0.1, 0.15) is 35.7 Å². The van der Waals surface area contributed by atoms with Crippen molar-refractivity contribution in [1.29, 1.82) is 0 Å². The predicted molar refractivity (Wildman–Crippen MR) is 154 cm³/mol. The fourth-order valence-electron chi connectivity index (χ4n) is 8.91. The molecule has 6 atom stereocenters. The van der Waals surface area contributed by atoms with E-state index in [9.17, 15) is 9.59 Å². The second kappa shape index (κ2) is 9.52. The van der Waals surface area contributed by atoms with Crippen LogP contribution in [0, 0.1) is 11.3 Å². The van der Waals surface area contributed by atoms with E-state index in [-0.39, 0.29) is 30.4 Å². The Hall–Kier alpha value is -3.96. The van der Waals surface area contributed by atoms with Crippen molar-refractivity contribution in [2.45, 2.75) is 43.2 Å². The summed E-state index contributed by atoms with van der Waals surface area (Å²) in [6.07, 6.45) is 3.03. The van der Waals surface area contributed by atoms with Crippen LogP contribution in [0.4, 0.5) is 5.69 Å². The highest BCUT2D eigenvalue weighted by Crippen LogP contribution is 2.76. The quantitative estimate of drug-likeness (QED) is 0.359.